The highest BCUT2D eigenvalue weighted by Crippen LogP contribution is 2.18. The van der Waals surface area contributed by atoms with Crippen LogP contribution in [0.3, 0.4) is 0 Å². The molecule has 0 radical (unpaired) electrons. The molecule has 0 aliphatic heterocycles. The lowest BCUT2D eigenvalue weighted by atomic mass is 10.3. The summed E-state index contributed by atoms with van der Waals surface area (Å²) in [4.78, 5) is 30.0. The Hall–Kier alpha value is -2.12. The molecule has 1 N–H and O–H groups in total. The number of carbonyl (C=O) groups is 2. The Morgan fingerprint density at radius 3 is 2.65 bits per heavy atom. The quantitative estimate of drug-likeness (QED) is 0.708. The molecule has 0 bridgehead atoms. The number of ether oxygens (including phenoxy) is 1. The van der Waals surface area contributed by atoms with E-state index in [1.807, 2.05) is 19.2 Å². The van der Waals surface area contributed by atoms with Crippen LogP contribution in [0.2, 0.25) is 5.02 Å². The molecule has 6 nitrogen and oxygen atoms in total. The number of hydrogen-bond donors (Lipinski definition) is 1. The lowest BCUT2D eigenvalue weighted by molar-refractivity contribution is -0.135. The molecule has 8 heteroatoms. The highest BCUT2D eigenvalue weighted by Gasteiger charge is 2.17. The summed E-state index contributed by atoms with van der Waals surface area (Å²) in [6.45, 7) is 5.12. The number of aromatic nitrogens is 1. The molecule has 0 spiro atoms. The van der Waals surface area contributed by atoms with Crippen molar-refractivity contribution >= 4 is 34.8 Å². The van der Waals surface area contributed by atoms with E-state index in [-0.39, 0.29) is 24.8 Å². The standard InChI is InChI=1S/C18H22ClN3O3S/c1-3-20-16(23)10-22(4-2)18(24)9-14-12-26-17(21-14)11-25-15-7-5-13(19)6-8-15/h5-8,12H,3-4,9-11H2,1-2H3,(H,20,23). The fourth-order valence-corrected chi connectivity index (χ4v) is 3.07. The third-order valence-electron chi connectivity index (χ3n) is 3.55. The summed E-state index contributed by atoms with van der Waals surface area (Å²) in [5, 5.41) is 5.98. The largest absolute Gasteiger partial charge is 0.486 e. The van der Waals surface area contributed by atoms with E-state index in [1.54, 1.807) is 24.3 Å². The van der Waals surface area contributed by atoms with Crippen molar-refractivity contribution in [3.63, 3.8) is 0 Å². The van der Waals surface area contributed by atoms with Crippen molar-refractivity contribution in [2.24, 2.45) is 0 Å². The molecule has 1 aromatic carbocycles. The first-order valence-electron chi connectivity index (χ1n) is 8.38. The highest BCUT2D eigenvalue weighted by molar-refractivity contribution is 7.09. The molecule has 0 unspecified atom stereocenters. The molecule has 0 saturated heterocycles. The summed E-state index contributed by atoms with van der Waals surface area (Å²) in [7, 11) is 0. The molecule has 2 rings (SSSR count). The minimum absolute atomic E-state index is 0.0693. The van der Waals surface area contributed by atoms with Crippen LogP contribution in [0, 0.1) is 0 Å². The van der Waals surface area contributed by atoms with Crippen molar-refractivity contribution in [1.29, 1.82) is 0 Å². The zero-order valence-corrected chi connectivity index (χ0v) is 16.4. The van der Waals surface area contributed by atoms with Crippen molar-refractivity contribution in [1.82, 2.24) is 15.2 Å². The monoisotopic (exact) mass is 395 g/mol. The Kier molecular flexibility index (Phi) is 7.87. The molecule has 0 aliphatic carbocycles. The fraction of sp³-hybridized carbons (Fsp3) is 0.389. The van der Waals surface area contributed by atoms with Crippen LogP contribution in [0.5, 0.6) is 5.75 Å². The van der Waals surface area contributed by atoms with Crippen LogP contribution in [-0.2, 0) is 22.6 Å². The number of amides is 2. The fourth-order valence-electron chi connectivity index (χ4n) is 2.24. The highest BCUT2D eigenvalue weighted by atomic mass is 35.5. The van der Waals surface area contributed by atoms with Crippen LogP contribution in [0.25, 0.3) is 0 Å². The molecule has 140 valence electrons. The summed E-state index contributed by atoms with van der Waals surface area (Å²) in [6.07, 6.45) is 0.171. The van der Waals surface area contributed by atoms with Gasteiger partial charge in [0.25, 0.3) is 0 Å². The SMILES string of the molecule is CCNC(=O)CN(CC)C(=O)Cc1csc(COc2ccc(Cl)cc2)n1. The van der Waals surface area contributed by atoms with E-state index in [2.05, 4.69) is 10.3 Å². The lowest BCUT2D eigenvalue weighted by Crippen LogP contribution is -2.41. The molecule has 2 amide bonds. The average molecular weight is 396 g/mol. The van der Waals surface area contributed by atoms with Gasteiger partial charge in [0.15, 0.2) is 0 Å². The molecule has 0 saturated carbocycles. The third-order valence-corrected chi connectivity index (χ3v) is 4.67. The summed E-state index contributed by atoms with van der Waals surface area (Å²) < 4.78 is 5.65. The first-order valence-corrected chi connectivity index (χ1v) is 9.63. The normalized spacial score (nSPS) is 10.4. The van der Waals surface area contributed by atoms with Crippen LogP contribution < -0.4 is 10.1 Å². The Morgan fingerprint density at radius 2 is 2.00 bits per heavy atom. The summed E-state index contributed by atoms with van der Waals surface area (Å²) >= 11 is 7.28. The second kappa shape index (κ2) is 10.1. The molecular weight excluding hydrogens is 374 g/mol. The Morgan fingerprint density at radius 1 is 1.27 bits per heavy atom. The lowest BCUT2D eigenvalue weighted by Gasteiger charge is -2.19. The summed E-state index contributed by atoms with van der Waals surface area (Å²) in [5.41, 5.74) is 0.684. The van der Waals surface area contributed by atoms with E-state index in [0.29, 0.717) is 36.2 Å². The number of likely N-dealkylation sites (N-methyl/N-ethyl adjacent to an activating group) is 2. The second-order valence-corrected chi connectivity index (χ2v) is 6.89. The molecule has 26 heavy (non-hydrogen) atoms. The molecule has 1 heterocycles. The van der Waals surface area contributed by atoms with Crippen molar-refractivity contribution < 1.29 is 14.3 Å². The number of thiazole rings is 1. The predicted octanol–water partition coefficient (Wildman–Crippen LogP) is 2.90. The van der Waals surface area contributed by atoms with Gasteiger partial charge in [0.1, 0.15) is 17.4 Å². The van der Waals surface area contributed by atoms with Gasteiger partial charge in [0.05, 0.1) is 18.7 Å². The number of carbonyl (C=O) groups excluding carboxylic acids is 2. The van der Waals surface area contributed by atoms with Gasteiger partial charge in [0.2, 0.25) is 11.8 Å². The first-order chi connectivity index (χ1) is 12.5. The van der Waals surface area contributed by atoms with Crippen molar-refractivity contribution in [3.8, 4) is 5.75 Å². The number of benzene rings is 1. The van der Waals surface area contributed by atoms with Gasteiger partial charge in [-0.15, -0.1) is 11.3 Å². The van der Waals surface area contributed by atoms with Gasteiger partial charge in [0, 0.05) is 23.5 Å². The van der Waals surface area contributed by atoms with Gasteiger partial charge in [-0.2, -0.15) is 0 Å². The zero-order chi connectivity index (χ0) is 18.9. The molecule has 0 atom stereocenters. The van der Waals surface area contributed by atoms with Gasteiger partial charge in [-0.1, -0.05) is 11.6 Å². The molecule has 1 aromatic heterocycles. The maximum Gasteiger partial charge on any atom is 0.239 e. The maximum atomic E-state index is 12.4. The number of hydrogen-bond acceptors (Lipinski definition) is 5. The Bertz CT molecular complexity index is 734. The van der Waals surface area contributed by atoms with Crippen LogP contribution >= 0.6 is 22.9 Å². The number of rotatable bonds is 9. The van der Waals surface area contributed by atoms with Gasteiger partial charge in [-0.25, -0.2) is 4.98 Å². The number of halogens is 1. The van der Waals surface area contributed by atoms with Gasteiger partial charge >= 0.3 is 0 Å². The van der Waals surface area contributed by atoms with E-state index in [4.69, 9.17) is 16.3 Å². The van der Waals surface area contributed by atoms with Gasteiger partial charge in [-0.05, 0) is 38.1 Å². The average Bonchev–Trinajstić information content (AvgIpc) is 3.06. The van der Waals surface area contributed by atoms with Crippen LogP contribution in [-0.4, -0.2) is 41.3 Å². The first kappa shape index (κ1) is 20.2. The van der Waals surface area contributed by atoms with E-state index in [0.717, 1.165) is 5.01 Å². The molecule has 0 aliphatic rings. The van der Waals surface area contributed by atoms with E-state index >= 15 is 0 Å². The Balaban J connectivity index is 1.86. The molecule has 2 aromatic rings. The second-order valence-electron chi connectivity index (χ2n) is 5.51. The predicted molar refractivity (Wildman–Crippen MR) is 103 cm³/mol. The van der Waals surface area contributed by atoms with Crippen molar-refractivity contribution in [2.75, 3.05) is 19.6 Å². The van der Waals surface area contributed by atoms with Gasteiger partial charge in [-0.3, -0.25) is 9.59 Å². The minimum atomic E-state index is -0.155. The Labute approximate surface area is 162 Å². The third kappa shape index (κ3) is 6.31. The minimum Gasteiger partial charge on any atom is -0.486 e. The number of nitrogens with zero attached hydrogens (tertiary/aromatic N) is 2. The van der Waals surface area contributed by atoms with Crippen LogP contribution in [0.4, 0.5) is 0 Å². The zero-order valence-electron chi connectivity index (χ0n) is 14.8. The molecule has 0 fully saturated rings. The van der Waals surface area contributed by atoms with E-state index in [9.17, 15) is 9.59 Å². The molecular formula is C18H22ClN3O3S. The topological polar surface area (TPSA) is 71.5 Å². The van der Waals surface area contributed by atoms with Crippen molar-refractivity contribution in [2.45, 2.75) is 26.9 Å². The summed E-state index contributed by atoms with van der Waals surface area (Å²) in [6, 6.07) is 7.11. The van der Waals surface area contributed by atoms with E-state index in [1.165, 1.54) is 16.2 Å². The van der Waals surface area contributed by atoms with E-state index < -0.39 is 0 Å². The van der Waals surface area contributed by atoms with Gasteiger partial charge < -0.3 is 15.0 Å². The van der Waals surface area contributed by atoms with Crippen LogP contribution in [0.15, 0.2) is 29.6 Å². The summed E-state index contributed by atoms with van der Waals surface area (Å²) in [5.74, 6) is 0.438. The van der Waals surface area contributed by atoms with Crippen molar-refractivity contribution in [3.05, 3.63) is 45.4 Å². The maximum absolute atomic E-state index is 12.4. The number of nitrogens with one attached hydrogen (secondary N) is 1. The smallest absolute Gasteiger partial charge is 0.239 e. The van der Waals surface area contributed by atoms with Crippen LogP contribution in [0.1, 0.15) is 24.5 Å².